The van der Waals surface area contributed by atoms with Crippen molar-refractivity contribution in [1.29, 1.82) is 0 Å². The normalized spacial score (nSPS) is 12.5. The van der Waals surface area contributed by atoms with Gasteiger partial charge >= 0.3 is 0 Å². The Morgan fingerprint density at radius 3 is 2.39 bits per heavy atom. The van der Waals surface area contributed by atoms with Crippen molar-refractivity contribution >= 4 is 34.1 Å². The average Bonchev–Trinajstić information content (AvgIpc) is 3.41. The molecule has 6 nitrogen and oxygen atoms in total. The van der Waals surface area contributed by atoms with Crippen LogP contribution < -0.4 is 5.32 Å². The summed E-state index contributed by atoms with van der Waals surface area (Å²) in [6.07, 6.45) is 0. The van der Waals surface area contributed by atoms with Gasteiger partial charge in [0.2, 0.25) is 5.91 Å². The van der Waals surface area contributed by atoms with Crippen LogP contribution in [0.15, 0.2) is 65.1 Å². The third-order valence-corrected chi connectivity index (χ3v) is 7.19. The standard InChI is InChI=1S/C25H27N5OS2/c1-16(22(31)27-23-26-20(15-32-23)17-9-7-6-8-10-17)33-24-29-28-21(30(24)5)18-11-13-19(14-12-18)25(2,3)4/h6-16H,1-5H3,(H,26,27,31)/t16-/m1/s1. The molecule has 1 atom stereocenters. The lowest BCUT2D eigenvalue weighted by atomic mass is 9.87. The first-order chi connectivity index (χ1) is 15.7. The number of amides is 1. The zero-order valence-corrected chi connectivity index (χ0v) is 21.0. The summed E-state index contributed by atoms with van der Waals surface area (Å²) in [7, 11) is 1.92. The van der Waals surface area contributed by atoms with Gasteiger partial charge in [-0.15, -0.1) is 21.5 Å². The number of nitrogens with one attached hydrogen (secondary N) is 1. The van der Waals surface area contributed by atoms with Crippen molar-refractivity contribution < 1.29 is 4.79 Å². The Balaban J connectivity index is 1.42. The molecular weight excluding hydrogens is 450 g/mol. The fraction of sp³-hybridized carbons (Fsp3) is 0.280. The summed E-state index contributed by atoms with van der Waals surface area (Å²) in [5, 5.41) is 14.5. The van der Waals surface area contributed by atoms with Gasteiger partial charge in [-0.2, -0.15) is 0 Å². The molecule has 4 rings (SSSR count). The first kappa shape index (κ1) is 23.2. The minimum atomic E-state index is -0.354. The van der Waals surface area contributed by atoms with E-state index in [4.69, 9.17) is 0 Å². The second-order valence-corrected chi connectivity index (χ2v) is 11.0. The summed E-state index contributed by atoms with van der Waals surface area (Å²) < 4.78 is 1.93. The number of hydrogen-bond donors (Lipinski definition) is 1. The SMILES string of the molecule is C[C@@H](Sc1nnc(-c2ccc(C(C)(C)C)cc2)n1C)C(=O)Nc1nc(-c2ccccc2)cs1. The Bertz CT molecular complexity index is 1240. The molecule has 170 valence electrons. The highest BCUT2D eigenvalue weighted by Gasteiger charge is 2.21. The van der Waals surface area contributed by atoms with E-state index in [1.54, 1.807) is 0 Å². The monoisotopic (exact) mass is 477 g/mol. The van der Waals surface area contributed by atoms with Crippen LogP contribution in [0, 0.1) is 0 Å². The molecule has 2 aromatic carbocycles. The predicted molar refractivity (Wildman–Crippen MR) is 137 cm³/mol. The highest BCUT2D eigenvalue weighted by atomic mass is 32.2. The fourth-order valence-electron chi connectivity index (χ4n) is 3.28. The van der Waals surface area contributed by atoms with Gasteiger partial charge in [0, 0.05) is 23.6 Å². The number of hydrogen-bond acceptors (Lipinski definition) is 6. The second-order valence-electron chi connectivity index (χ2n) is 8.85. The molecule has 0 radical (unpaired) electrons. The van der Waals surface area contributed by atoms with E-state index in [1.807, 2.05) is 54.3 Å². The summed E-state index contributed by atoms with van der Waals surface area (Å²) in [5.74, 6) is 0.658. The van der Waals surface area contributed by atoms with Gasteiger partial charge in [-0.1, -0.05) is 87.1 Å². The maximum absolute atomic E-state index is 12.8. The van der Waals surface area contributed by atoms with Gasteiger partial charge < -0.3 is 9.88 Å². The molecular formula is C25H27N5OS2. The van der Waals surface area contributed by atoms with E-state index >= 15 is 0 Å². The third kappa shape index (κ3) is 5.34. The zero-order chi connectivity index (χ0) is 23.6. The molecule has 8 heteroatoms. The number of thioether (sulfide) groups is 1. The summed E-state index contributed by atoms with van der Waals surface area (Å²) in [4.78, 5) is 17.3. The maximum atomic E-state index is 12.8. The molecule has 0 bridgehead atoms. The van der Waals surface area contributed by atoms with Gasteiger partial charge in [0.25, 0.3) is 0 Å². The predicted octanol–water partition coefficient (Wildman–Crippen LogP) is 6.02. The van der Waals surface area contributed by atoms with Gasteiger partial charge in [-0.05, 0) is 17.9 Å². The number of carbonyl (C=O) groups excluding carboxylic acids is 1. The van der Waals surface area contributed by atoms with Crippen LogP contribution in [0.25, 0.3) is 22.6 Å². The van der Waals surface area contributed by atoms with Crippen molar-refractivity contribution in [2.45, 2.75) is 43.5 Å². The zero-order valence-electron chi connectivity index (χ0n) is 19.4. The van der Waals surface area contributed by atoms with Crippen LogP contribution >= 0.6 is 23.1 Å². The van der Waals surface area contributed by atoms with Crippen molar-refractivity contribution in [3.05, 3.63) is 65.5 Å². The van der Waals surface area contributed by atoms with Crippen LogP contribution in [0.2, 0.25) is 0 Å². The number of anilines is 1. The number of benzene rings is 2. The molecule has 4 aromatic rings. The highest BCUT2D eigenvalue weighted by molar-refractivity contribution is 8.00. The molecule has 1 amide bonds. The van der Waals surface area contributed by atoms with Gasteiger partial charge in [-0.25, -0.2) is 4.98 Å². The van der Waals surface area contributed by atoms with E-state index < -0.39 is 0 Å². The Labute approximate surface area is 202 Å². The summed E-state index contributed by atoms with van der Waals surface area (Å²) in [5.41, 5.74) is 4.25. The van der Waals surface area contributed by atoms with E-state index in [0.717, 1.165) is 22.6 Å². The van der Waals surface area contributed by atoms with Crippen LogP contribution in [-0.4, -0.2) is 30.9 Å². The summed E-state index contributed by atoms with van der Waals surface area (Å²) >= 11 is 2.80. The molecule has 0 unspecified atom stereocenters. The maximum Gasteiger partial charge on any atom is 0.239 e. The molecule has 0 saturated carbocycles. The van der Waals surface area contributed by atoms with Gasteiger partial charge in [0.1, 0.15) is 0 Å². The Morgan fingerprint density at radius 1 is 1.03 bits per heavy atom. The Kier molecular flexibility index (Phi) is 6.67. The Hall–Kier alpha value is -2.97. The van der Waals surface area contributed by atoms with Crippen molar-refractivity contribution in [2.75, 3.05) is 5.32 Å². The molecule has 0 aliphatic rings. The Morgan fingerprint density at radius 2 is 1.73 bits per heavy atom. The topological polar surface area (TPSA) is 72.7 Å². The van der Waals surface area contributed by atoms with Crippen LogP contribution in [0.3, 0.4) is 0 Å². The lowest BCUT2D eigenvalue weighted by Gasteiger charge is -2.19. The van der Waals surface area contributed by atoms with Crippen molar-refractivity contribution in [1.82, 2.24) is 19.7 Å². The number of rotatable bonds is 6. The summed E-state index contributed by atoms with van der Waals surface area (Å²) in [6.45, 7) is 8.44. The average molecular weight is 478 g/mol. The highest BCUT2D eigenvalue weighted by Crippen LogP contribution is 2.29. The number of aromatic nitrogens is 4. The van der Waals surface area contributed by atoms with Crippen LogP contribution in [0.4, 0.5) is 5.13 Å². The van der Waals surface area contributed by atoms with Crippen molar-refractivity contribution in [3.8, 4) is 22.6 Å². The lowest BCUT2D eigenvalue weighted by Crippen LogP contribution is -2.22. The van der Waals surface area contributed by atoms with Gasteiger partial charge in [0.05, 0.1) is 10.9 Å². The number of carbonyl (C=O) groups is 1. The molecule has 0 aliphatic heterocycles. The minimum Gasteiger partial charge on any atom is -0.305 e. The number of thiazole rings is 1. The molecule has 0 fully saturated rings. The minimum absolute atomic E-state index is 0.0987. The second kappa shape index (κ2) is 9.49. The molecule has 2 aromatic heterocycles. The third-order valence-electron chi connectivity index (χ3n) is 5.30. The quantitative estimate of drug-likeness (QED) is 0.344. The van der Waals surface area contributed by atoms with Gasteiger partial charge in [-0.3, -0.25) is 4.79 Å². The van der Waals surface area contributed by atoms with E-state index in [1.165, 1.54) is 28.7 Å². The molecule has 0 saturated heterocycles. The van der Waals surface area contributed by atoms with E-state index in [0.29, 0.717) is 10.3 Å². The first-order valence-corrected chi connectivity index (χ1v) is 12.5. The van der Waals surface area contributed by atoms with Crippen LogP contribution in [0.1, 0.15) is 33.3 Å². The lowest BCUT2D eigenvalue weighted by molar-refractivity contribution is -0.115. The van der Waals surface area contributed by atoms with E-state index in [2.05, 4.69) is 65.5 Å². The summed E-state index contributed by atoms with van der Waals surface area (Å²) in [6, 6.07) is 18.3. The first-order valence-electron chi connectivity index (χ1n) is 10.7. The van der Waals surface area contributed by atoms with Crippen molar-refractivity contribution in [3.63, 3.8) is 0 Å². The molecule has 33 heavy (non-hydrogen) atoms. The largest absolute Gasteiger partial charge is 0.305 e. The molecule has 1 N–H and O–H groups in total. The van der Waals surface area contributed by atoms with Crippen molar-refractivity contribution in [2.24, 2.45) is 7.05 Å². The van der Waals surface area contributed by atoms with E-state index in [-0.39, 0.29) is 16.6 Å². The molecule has 0 aliphatic carbocycles. The van der Waals surface area contributed by atoms with Gasteiger partial charge in [0.15, 0.2) is 16.1 Å². The number of nitrogens with zero attached hydrogens (tertiary/aromatic N) is 4. The van der Waals surface area contributed by atoms with E-state index in [9.17, 15) is 4.79 Å². The fourth-order valence-corrected chi connectivity index (χ4v) is 4.82. The molecule has 0 spiro atoms. The smallest absolute Gasteiger partial charge is 0.239 e. The van der Waals surface area contributed by atoms with Crippen LogP contribution in [-0.2, 0) is 17.3 Å². The molecule has 2 heterocycles. The van der Waals surface area contributed by atoms with Crippen LogP contribution in [0.5, 0.6) is 0 Å².